The first-order valence-corrected chi connectivity index (χ1v) is 5.96. The minimum Gasteiger partial charge on any atom is -0.481 e. The molecule has 1 N–H and O–H groups in total. The Kier molecular flexibility index (Phi) is 3.82. The maximum absolute atomic E-state index is 12.0. The molecule has 96 valence electrons. The third-order valence-corrected chi connectivity index (χ3v) is 2.99. The molecule has 1 saturated heterocycles. The van der Waals surface area contributed by atoms with Gasteiger partial charge in [0.2, 0.25) is 0 Å². The van der Waals surface area contributed by atoms with E-state index in [-0.39, 0.29) is 12.5 Å². The Hall–Kier alpha value is -2.04. The Morgan fingerprint density at radius 1 is 1.17 bits per heavy atom. The number of carboxylic acids is 1. The van der Waals surface area contributed by atoms with Crippen LogP contribution in [0.15, 0.2) is 30.3 Å². The molecular weight excluding hydrogens is 232 g/mol. The Bertz CT molecular complexity index is 433. The zero-order valence-electron chi connectivity index (χ0n) is 10.1. The van der Waals surface area contributed by atoms with Gasteiger partial charge in [-0.1, -0.05) is 30.3 Å². The number of hydrogen-bond donors (Lipinski definition) is 1. The number of amides is 2. The highest BCUT2D eigenvalue weighted by atomic mass is 16.4. The van der Waals surface area contributed by atoms with Crippen molar-refractivity contribution in [3.8, 4) is 0 Å². The number of hydrogen-bond acceptors (Lipinski definition) is 2. The number of nitrogens with zero attached hydrogens (tertiary/aromatic N) is 2. The number of carboxylic acid groups (broad SMARTS) is 1. The second-order valence-electron chi connectivity index (χ2n) is 4.32. The largest absolute Gasteiger partial charge is 0.481 e. The second-order valence-corrected chi connectivity index (χ2v) is 4.32. The van der Waals surface area contributed by atoms with Gasteiger partial charge in [0, 0.05) is 26.2 Å². The van der Waals surface area contributed by atoms with E-state index in [2.05, 4.69) is 0 Å². The summed E-state index contributed by atoms with van der Waals surface area (Å²) < 4.78 is 0. The number of urea groups is 1. The predicted octanol–water partition coefficient (Wildman–Crippen LogP) is 1.40. The van der Waals surface area contributed by atoms with Gasteiger partial charge in [-0.05, 0) is 5.56 Å². The summed E-state index contributed by atoms with van der Waals surface area (Å²) in [7, 11) is 0. The summed E-state index contributed by atoms with van der Waals surface area (Å²) >= 11 is 0. The van der Waals surface area contributed by atoms with Gasteiger partial charge < -0.3 is 14.9 Å². The maximum atomic E-state index is 12.0. The standard InChI is InChI=1S/C13H16N2O3/c16-12(17)6-7-14-8-9-15(13(14)18)10-11-4-2-1-3-5-11/h1-5H,6-10H2,(H,16,17). The van der Waals surface area contributed by atoms with Gasteiger partial charge in [-0.25, -0.2) is 4.79 Å². The monoisotopic (exact) mass is 248 g/mol. The molecular formula is C13H16N2O3. The summed E-state index contributed by atoms with van der Waals surface area (Å²) in [5, 5.41) is 8.61. The molecule has 2 amide bonds. The molecule has 0 bridgehead atoms. The second kappa shape index (κ2) is 5.53. The molecule has 1 aromatic carbocycles. The van der Waals surface area contributed by atoms with E-state index >= 15 is 0 Å². The SMILES string of the molecule is O=C(O)CCN1CCN(Cc2ccccc2)C1=O. The van der Waals surface area contributed by atoms with Crippen molar-refractivity contribution >= 4 is 12.0 Å². The smallest absolute Gasteiger partial charge is 0.320 e. The molecule has 0 unspecified atom stereocenters. The van der Waals surface area contributed by atoms with Gasteiger partial charge in [-0.3, -0.25) is 4.79 Å². The molecule has 5 nitrogen and oxygen atoms in total. The zero-order chi connectivity index (χ0) is 13.0. The fourth-order valence-electron chi connectivity index (χ4n) is 2.02. The fraction of sp³-hybridized carbons (Fsp3) is 0.385. The summed E-state index contributed by atoms with van der Waals surface area (Å²) in [5.74, 6) is -0.871. The molecule has 1 aromatic rings. The first-order valence-electron chi connectivity index (χ1n) is 5.96. The molecule has 2 rings (SSSR count). The van der Waals surface area contributed by atoms with Crippen LogP contribution in [0.2, 0.25) is 0 Å². The lowest BCUT2D eigenvalue weighted by molar-refractivity contribution is -0.137. The quantitative estimate of drug-likeness (QED) is 0.856. The molecule has 0 aromatic heterocycles. The van der Waals surface area contributed by atoms with E-state index in [9.17, 15) is 9.59 Å². The molecule has 1 heterocycles. The average molecular weight is 248 g/mol. The van der Waals surface area contributed by atoms with Crippen molar-refractivity contribution in [2.75, 3.05) is 19.6 Å². The van der Waals surface area contributed by atoms with Crippen molar-refractivity contribution in [1.82, 2.24) is 9.80 Å². The van der Waals surface area contributed by atoms with E-state index in [0.717, 1.165) is 5.56 Å². The minimum absolute atomic E-state index is 0.00488. The molecule has 1 aliphatic rings. The summed E-state index contributed by atoms with van der Waals surface area (Å²) in [6.45, 7) is 2.15. The van der Waals surface area contributed by atoms with Gasteiger partial charge in [-0.15, -0.1) is 0 Å². The Balaban J connectivity index is 1.89. The number of carbonyl (C=O) groups excluding carboxylic acids is 1. The third-order valence-electron chi connectivity index (χ3n) is 2.99. The first kappa shape index (κ1) is 12.4. The topological polar surface area (TPSA) is 60.9 Å². The molecule has 1 aliphatic heterocycles. The van der Waals surface area contributed by atoms with Gasteiger partial charge >= 0.3 is 12.0 Å². The van der Waals surface area contributed by atoms with Crippen molar-refractivity contribution in [3.05, 3.63) is 35.9 Å². The summed E-state index contributed by atoms with van der Waals surface area (Å²) in [6, 6.07) is 9.71. The highest BCUT2D eigenvalue weighted by Crippen LogP contribution is 2.13. The molecule has 1 fully saturated rings. The highest BCUT2D eigenvalue weighted by molar-refractivity contribution is 5.77. The number of benzene rings is 1. The molecule has 0 radical (unpaired) electrons. The Morgan fingerprint density at radius 3 is 2.50 bits per heavy atom. The number of aliphatic carboxylic acids is 1. The highest BCUT2D eigenvalue weighted by Gasteiger charge is 2.28. The van der Waals surface area contributed by atoms with E-state index in [1.54, 1.807) is 9.80 Å². The summed E-state index contributed by atoms with van der Waals surface area (Å²) in [4.78, 5) is 25.8. The van der Waals surface area contributed by atoms with Crippen molar-refractivity contribution in [1.29, 1.82) is 0 Å². The van der Waals surface area contributed by atoms with Crippen molar-refractivity contribution < 1.29 is 14.7 Å². The van der Waals surface area contributed by atoms with E-state index in [4.69, 9.17) is 5.11 Å². The Morgan fingerprint density at radius 2 is 1.83 bits per heavy atom. The van der Waals surface area contributed by atoms with Gasteiger partial charge in [0.25, 0.3) is 0 Å². The van der Waals surface area contributed by atoms with Gasteiger partial charge in [0.15, 0.2) is 0 Å². The van der Waals surface area contributed by atoms with Crippen LogP contribution in [0.4, 0.5) is 4.79 Å². The van der Waals surface area contributed by atoms with Crippen LogP contribution in [0.1, 0.15) is 12.0 Å². The maximum Gasteiger partial charge on any atom is 0.320 e. The first-order chi connectivity index (χ1) is 8.66. The molecule has 0 atom stereocenters. The average Bonchev–Trinajstić information content (AvgIpc) is 2.70. The van der Waals surface area contributed by atoms with E-state index in [0.29, 0.717) is 26.2 Å². The molecule has 0 saturated carbocycles. The lowest BCUT2D eigenvalue weighted by Crippen LogP contribution is -2.32. The zero-order valence-corrected chi connectivity index (χ0v) is 10.1. The van der Waals surface area contributed by atoms with E-state index < -0.39 is 5.97 Å². The lowest BCUT2D eigenvalue weighted by atomic mass is 10.2. The van der Waals surface area contributed by atoms with Crippen LogP contribution in [-0.4, -0.2) is 46.5 Å². The Labute approximate surface area is 106 Å². The van der Waals surface area contributed by atoms with Crippen LogP contribution < -0.4 is 0 Å². The van der Waals surface area contributed by atoms with Crippen molar-refractivity contribution in [2.24, 2.45) is 0 Å². The van der Waals surface area contributed by atoms with E-state index in [1.165, 1.54) is 0 Å². The van der Waals surface area contributed by atoms with Crippen LogP contribution in [0.3, 0.4) is 0 Å². The van der Waals surface area contributed by atoms with Crippen LogP contribution in [0.25, 0.3) is 0 Å². The van der Waals surface area contributed by atoms with Crippen molar-refractivity contribution in [2.45, 2.75) is 13.0 Å². The van der Waals surface area contributed by atoms with Gasteiger partial charge in [0.05, 0.1) is 6.42 Å². The van der Waals surface area contributed by atoms with Crippen LogP contribution >= 0.6 is 0 Å². The van der Waals surface area contributed by atoms with Crippen LogP contribution in [0.5, 0.6) is 0 Å². The lowest BCUT2D eigenvalue weighted by Gasteiger charge is -2.18. The molecule has 18 heavy (non-hydrogen) atoms. The minimum atomic E-state index is -0.871. The summed E-state index contributed by atoms with van der Waals surface area (Å²) in [5.41, 5.74) is 1.09. The van der Waals surface area contributed by atoms with Gasteiger partial charge in [0.1, 0.15) is 0 Å². The fourth-order valence-corrected chi connectivity index (χ4v) is 2.02. The molecule has 5 heteroatoms. The summed E-state index contributed by atoms with van der Waals surface area (Å²) in [6.07, 6.45) is 0.00488. The molecule has 0 spiro atoms. The number of rotatable bonds is 5. The van der Waals surface area contributed by atoms with E-state index in [1.807, 2.05) is 30.3 Å². The third kappa shape index (κ3) is 3.00. The number of carbonyl (C=O) groups is 2. The van der Waals surface area contributed by atoms with Crippen LogP contribution in [0, 0.1) is 0 Å². The van der Waals surface area contributed by atoms with Crippen LogP contribution in [-0.2, 0) is 11.3 Å². The molecule has 0 aliphatic carbocycles. The predicted molar refractivity (Wildman–Crippen MR) is 66.1 cm³/mol. The van der Waals surface area contributed by atoms with Crippen molar-refractivity contribution in [3.63, 3.8) is 0 Å². The van der Waals surface area contributed by atoms with Gasteiger partial charge in [-0.2, -0.15) is 0 Å². The normalized spacial score (nSPS) is 15.2.